The molecule has 21 heavy (non-hydrogen) atoms. The monoisotopic (exact) mass is 291 g/mol. The molecule has 0 aromatic carbocycles. The second-order valence-electron chi connectivity index (χ2n) is 5.85. The first kappa shape index (κ1) is 14.9. The van der Waals surface area contributed by atoms with E-state index in [4.69, 9.17) is 9.47 Å². The lowest BCUT2D eigenvalue weighted by Gasteiger charge is -2.31. The minimum absolute atomic E-state index is 0.312. The van der Waals surface area contributed by atoms with Gasteiger partial charge in [0.1, 0.15) is 0 Å². The van der Waals surface area contributed by atoms with Gasteiger partial charge in [-0.3, -0.25) is 14.8 Å². The molecular formula is C16H25N3O2. The predicted molar refractivity (Wildman–Crippen MR) is 81.1 cm³/mol. The Morgan fingerprint density at radius 1 is 1.05 bits per heavy atom. The van der Waals surface area contributed by atoms with Crippen molar-refractivity contribution in [1.29, 1.82) is 0 Å². The van der Waals surface area contributed by atoms with Crippen molar-refractivity contribution in [2.24, 2.45) is 0 Å². The molecule has 1 atom stereocenters. The average Bonchev–Trinajstić information content (AvgIpc) is 2.74. The van der Waals surface area contributed by atoms with Crippen LogP contribution >= 0.6 is 0 Å². The lowest BCUT2D eigenvalue weighted by atomic mass is 10.2. The molecule has 2 aliphatic rings. The highest BCUT2D eigenvalue weighted by Gasteiger charge is 2.22. The second kappa shape index (κ2) is 7.84. The van der Waals surface area contributed by atoms with Crippen molar-refractivity contribution in [2.75, 3.05) is 52.5 Å². The fourth-order valence-electron chi connectivity index (χ4n) is 3.04. The van der Waals surface area contributed by atoms with Crippen LogP contribution in [0.2, 0.25) is 0 Å². The Hall–Kier alpha value is -1.01. The number of aromatic nitrogens is 1. The molecule has 1 aromatic rings. The molecule has 0 unspecified atom stereocenters. The van der Waals surface area contributed by atoms with Crippen molar-refractivity contribution in [3.05, 3.63) is 30.1 Å². The minimum atomic E-state index is 0.312. The number of hydrogen-bond acceptors (Lipinski definition) is 5. The molecule has 3 rings (SSSR count). The molecule has 1 aromatic heterocycles. The molecule has 0 spiro atoms. The third-order valence-corrected chi connectivity index (χ3v) is 4.16. The molecule has 2 fully saturated rings. The molecule has 2 saturated heterocycles. The smallest absolute Gasteiger partial charge is 0.0828 e. The molecule has 0 amide bonds. The Morgan fingerprint density at radius 2 is 1.86 bits per heavy atom. The number of morpholine rings is 1. The van der Waals surface area contributed by atoms with Gasteiger partial charge >= 0.3 is 0 Å². The van der Waals surface area contributed by atoms with Gasteiger partial charge in [0.25, 0.3) is 0 Å². The fourth-order valence-corrected chi connectivity index (χ4v) is 3.04. The molecule has 0 bridgehead atoms. The van der Waals surface area contributed by atoms with Gasteiger partial charge in [-0.1, -0.05) is 0 Å². The van der Waals surface area contributed by atoms with E-state index in [0.29, 0.717) is 6.10 Å². The van der Waals surface area contributed by atoms with Crippen molar-refractivity contribution in [3.8, 4) is 0 Å². The van der Waals surface area contributed by atoms with E-state index >= 15 is 0 Å². The first-order valence-corrected chi connectivity index (χ1v) is 7.93. The highest BCUT2D eigenvalue weighted by atomic mass is 16.5. The van der Waals surface area contributed by atoms with E-state index in [9.17, 15) is 0 Å². The lowest BCUT2D eigenvalue weighted by Crippen LogP contribution is -2.44. The average molecular weight is 291 g/mol. The molecule has 5 nitrogen and oxygen atoms in total. The summed E-state index contributed by atoms with van der Waals surface area (Å²) in [6.45, 7) is 8.79. The third kappa shape index (κ3) is 4.74. The van der Waals surface area contributed by atoms with E-state index in [1.807, 2.05) is 12.4 Å². The van der Waals surface area contributed by atoms with Crippen LogP contribution in [-0.2, 0) is 16.0 Å². The summed E-state index contributed by atoms with van der Waals surface area (Å²) in [5.41, 5.74) is 1.33. The summed E-state index contributed by atoms with van der Waals surface area (Å²) in [5, 5.41) is 0. The van der Waals surface area contributed by atoms with E-state index in [1.165, 1.54) is 5.56 Å². The standard InChI is InChI=1S/C16H25N3O2/c1-6-19(12-15-2-4-17-5-3-15)14-16(21-9-1)13-18-7-10-20-11-8-18/h2-5,16H,1,6-14H2/t16-/m0/s1. The van der Waals surface area contributed by atoms with Crippen molar-refractivity contribution >= 4 is 0 Å². The van der Waals surface area contributed by atoms with Gasteiger partial charge in [0, 0.05) is 58.3 Å². The minimum Gasteiger partial charge on any atom is -0.379 e. The zero-order chi connectivity index (χ0) is 14.3. The first-order chi connectivity index (χ1) is 10.4. The molecule has 0 N–H and O–H groups in total. The number of rotatable bonds is 4. The first-order valence-electron chi connectivity index (χ1n) is 7.93. The van der Waals surface area contributed by atoms with Crippen molar-refractivity contribution in [3.63, 3.8) is 0 Å². The number of nitrogens with zero attached hydrogens (tertiary/aromatic N) is 3. The topological polar surface area (TPSA) is 37.8 Å². The summed E-state index contributed by atoms with van der Waals surface area (Å²) in [6, 6.07) is 4.20. The zero-order valence-electron chi connectivity index (χ0n) is 12.6. The SMILES string of the molecule is c1cc(CN2CCCO[C@@H](CN3CCOCC3)C2)ccn1. The van der Waals surface area contributed by atoms with Crippen LogP contribution in [0.1, 0.15) is 12.0 Å². The van der Waals surface area contributed by atoms with Crippen LogP contribution in [0.25, 0.3) is 0 Å². The van der Waals surface area contributed by atoms with Gasteiger partial charge in [0.2, 0.25) is 0 Å². The van der Waals surface area contributed by atoms with Crippen LogP contribution < -0.4 is 0 Å². The Labute approximate surface area is 126 Å². The van der Waals surface area contributed by atoms with Gasteiger partial charge in [0.05, 0.1) is 19.3 Å². The molecule has 3 heterocycles. The summed E-state index contributed by atoms with van der Waals surface area (Å²) in [6.07, 6.45) is 5.17. The summed E-state index contributed by atoms with van der Waals surface area (Å²) < 4.78 is 11.5. The molecule has 2 aliphatic heterocycles. The van der Waals surface area contributed by atoms with Gasteiger partial charge < -0.3 is 9.47 Å². The zero-order valence-corrected chi connectivity index (χ0v) is 12.6. The molecule has 116 valence electrons. The quantitative estimate of drug-likeness (QED) is 0.827. The van der Waals surface area contributed by atoms with Gasteiger partial charge in [0.15, 0.2) is 0 Å². The second-order valence-corrected chi connectivity index (χ2v) is 5.85. The summed E-state index contributed by atoms with van der Waals surface area (Å²) >= 11 is 0. The normalized spacial score (nSPS) is 25.6. The number of pyridine rings is 1. The van der Waals surface area contributed by atoms with E-state index in [1.54, 1.807) is 0 Å². The molecule has 0 radical (unpaired) electrons. The maximum atomic E-state index is 6.04. The van der Waals surface area contributed by atoms with Crippen molar-refractivity contribution < 1.29 is 9.47 Å². The Kier molecular flexibility index (Phi) is 5.57. The van der Waals surface area contributed by atoms with Crippen LogP contribution in [-0.4, -0.2) is 73.4 Å². The number of hydrogen-bond donors (Lipinski definition) is 0. The van der Waals surface area contributed by atoms with E-state index in [2.05, 4.69) is 26.9 Å². The van der Waals surface area contributed by atoms with Crippen molar-refractivity contribution in [2.45, 2.75) is 19.1 Å². The van der Waals surface area contributed by atoms with E-state index in [0.717, 1.165) is 65.5 Å². The highest BCUT2D eigenvalue weighted by molar-refractivity contribution is 5.09. The Morgan fingerprint density at radius 3 is 2.67 bits per heavy atom. The van der Waals surface area contributed by atoms with E-state index < -0.39 is 0 Å². The Bertz CT molecular complexity index is 409. The van der Waals surface area contributed by atoms with Crippen LogP contribution in [0, 0.1) is 0 Å². The molecular weight excluding hydrogens is 266 g/mol. The number of ether oxygens (including phenoxy) is 2. The van der Waals surface area contributed by atoms with E-state index in [-0.39, 0.29) is 0 Å². The molecule has 0 aliphatic carbocycles. The van der Waals surface area contributed by atoms with Crippen LogP contribution in [0.4, 0.5) is 0 Å². The summed E-state index contributed by atoms with van der Waals surface area (Å²) in [7, 11) is 0. The van der Waals surface area contributed by atoms with Gasteiger partial charge in [-0.2, -0.15) is 0 Å². The van der Waals surface area contributed by atoms with Gasteiger partial charge in [-0.25, -0.2) is 0 Å². The highest BCUT2D eigenvalue weighted by Crippen LogP contribution is 2.12. The van der Waals surface area contributed by atoms with Gasteiger partial charge in [-0.05, 0) is 24.1 Å². The Balaban J connectivity index is 1.53. The fraction of sp³-hybridized carbons (Fsp3) is 0.688. The summed E-state index contributed by atoms with van der Waals surface area (Å²) in [5.74, 6) is 0. The third-order valence-electron chi connectivity index (χ3n) is 4.16. The van der Waals surface area contributed by atoms with Crippen LogP contribution in [0.15, 0.2) is 24.5 Å². The van der Waals surface area contributed by atoms with Crippen molar-refractivity contribution in [1.82, 2.24) is 14.8 Å². The lowest BCUT2D eigenvalue weighted by molar-refractivity contribution is -0.0122. The maximum absolute atomic E-state index is 6.04. The maximum Gasteiger partial charge on any atom is 0.0828 e. The summed E-state index contributed by atoms with van der Waals surface area (Å²) in [4.78, 5) is 9.06. The molecule has 5 heteroatoms. The van der Waals surface area contributed by atoms with Gasteiger partial charge in [-0.15, -0.1) is 0 Å². The largest absolute Gasteiger partial charge is 0.379 e. The predicted octanol–water partition coefficient (Wildman–Crippen LogP) is 1.00. The van der Waals surface area contributed by atoms with Crippen LogP contribution in [0.3, 0.4) is 0 Å². The van der Waals surface area contributed by atoms with Crippen LogP contribution in [0.5, 0.6) is 0 Å². The molecule has 0 saturated carbocycles.